The lowest BCUT2D eigenvalue weighted by molar-refractivity contribution is -0.153. The highest BCUT2D eigenvalue weighted by Gasteiger charge is 2.43. The van der Waals surface area contributed by atoms with Crippen molar-refractivity contribution in [3.63, 3.8) is 0 Å². The highest BCUT2D eigenvalue weighted by Crippen LogP contribution is 2.41. The lowest BCUT2D eigenvalue weighted by Gasteiger charge is -2.33. The van der Waals surface area contributed by atoms with Crippen molar-refractivity contribution in [3.05, 3.63) is 17.5 Å². The number of carbonyl (C=O) groups is 2. The average Bonchev–Trinajstić information content (AvgIpc) is 2.92. The van der Waals surface area contributed by atoms with Gasteiger partial charge in [-0.15, -0.1) is 0 Å². The summed E-state index contributed by atoms with van der Waals surface area (Å²) in [5.41, 5.74) is -2.11. The van der Waals surface area contributed by atoms with Crippen molar-refractivity contribution in [2.45, 2.75) is 45.3 Å². The van der Waals surface area contributed by atoms with Crippen molar-refractivity contribution in [1.82, 2.24) is 9.78 Å². The smallest absolute Gasteiger partial charge is 0.433 e. The molecule has 0 aliphatic heterocycles. The van der Waals surface area contributed by atoms with Gasteiger partial charge < -0.3 is 9.84 Å². The fourth-order valence-electron chi connectivity index (χ4n) is 3.27. The van der Waals surface area contributed by atoms with Crippen LogP contribution in [-0.4, -0.2) is 33.4 Å². The van der Waals surface area contributed by atoms with E-state index in [0.29, 0.717) is 19.3 Å². The number of rotatable bonds is 4. The Labute approximate surface area is 136 Å². The molecule has 2 rings (SSSR count). The number of carbonyl (C=O) groups excluding carboxylic acids is 1. The summed E-state index contributed by atoms with van der Waals surface area (Å²) in [5, 5.41) is 12.6. The Morgan fingerprint density at radius 1 is 1.42 bits per heavy atom. The van der Waals surface area contributed by atoms with Crippen LogP contribution < -0.4 is 0 Å². The highest BCUT2D eigenvalue weighted by molar-refractivity contribution is 5.88. The summed E-state index contributed by atoms with van der Waals surface area (Å²) in [4.78, 5) is 22.9. The summed E-state index contributed by atoms with van der Waals surface area (Å²) in [5.74, 6) is -2.54. The topological polar surface area (TPSA) is 81.4 Å². The Kier molecular flexibility index (Phi) is 5.19. The molecule has 1 heterocycles. The van der Waals surface area contributed by atoms with Gasteiger partial charge in [0.1, 0.15) is 5.56 Å². The summed E-state index contributed by atoms with van der Waals surface area (Å²) in [6.45, 7) is 3.73. The quantitative estimate of drug-likeness (QED) is 0.846. The normalized spacial score (nSPS) is 24.6. The molecule has 9 heteroatoms. The Morgan fingerprint density at radius 2 is 2.08 bits per heavy atom. The third-order valence-electron chi connectivity index (χ3n) is 4.37. The van der Waals surface area contributed by atoms with E-state index in [1.165, 1.54) is 0 Å². The molecule has 1 fully saturated rings. The second-order valence-corrected chi connectivity index (χ2v) is 5.96. The SMILES string of the molecule is CCOC(=O)[C@@H]1CC[C@H](n2ncc(C(=O)O)c2C(F)(F)F)C[C@@H]1C. The van der Waals surface area contributed by atoms with E-state index >= 15 is 0 Å². The second kappa shape index (κ2) is 6.82. The monoisotopic (exact) mass is 348 g/mol. The van der Waals surface area contributed by atoms with Crippen LogP contribution in [-0.2, 0) is 15.7 Å². The molecule has 1 aliphatic rings. The van der Waals surface area contributed by atoms with Crippen LogP contribution in [0, 0.1) is 11.8 Å². The predicted octanol–water partition coefficient (Wildman–Crippen LogP) is 3.14. The minimum absolute atomic E-state index is 0.179. The summed E-state index contributed by atoms with van der Waals surface area (Å²) < 4.78 is 45.5. The number of aromatic carboxylic acids is 1. The third kappa shape index (κ3) is 3.54. The standard InChI is InChI=1S/C15H19F3N2O4/c1-3-24-14(23)10-5-4-9(6-8(10)2)20-12(15(16,17)18)11(7-19-20)13(21)22/h7-10H,3-6H2,1-2H3,(H,21,22)/t8-,9-,10+/m0/s1. The lowest BCUT2D eigenvalue weighted by Crippen LogP contribution is -2.33. The van der Waals surface area contributed by atoms with Crippen LogP contribution >= 0.6 is 0 Å². The Balaban J connectivity index is 2.26. The van der Waals surface area contributed by atoms with Gasteiger partial charge in [0.15, 0.2) is 5.69 Å². The Bertz CT molecular complexity index is 627. The molecule has 1 aromatic heterocycles. The Hall–Kier alpha value is -2.06. The van der Waals surface area contributed by atoms with Gasteiger partial charge in [0.25, 0.3) is 0 Å². The van der Waals surface area contributed by atoms with E-state index in [-0.39, 0.29) is 24.4 Å². The van der Waals surface area contributed by atoms with Crippen LogP contribution in [0.1, 0.15) is 55.2 Å². The van der Waals surface area contributed by atoms with E-state index < -0.39 is 29.4 Å². The first-order chi connectivity index (χ1) is 11.2. The molecule has 6 nitrogen and oxygen atoms in total. The van der Waals surface area contributed by atoms with Crippen LogP contribution in [0.3, 0.4) is 0 Å². The molecule has 0 saturated heterocycles. The van der Waals surface area contributed by atoms with Gasteiger partial charge in [-0.25, -0.2) is 4.79 Å². The van der Waals surface area contributed by atoms with Crippen molar-refractivity contribution < 1.29 is 32.6 Å². The molecule has 0 amide bonds. The number of nitrogens with zero attached hydrogens (tertiary/aromatic N) is 2. The largest absolute Gasteiger partial charge is 0.478 e. The van der Waals surface area contributed by atoms with Gasteiger partial charge in [0, 0.05) is 0 Å². The first-order valence-electron chi connectivity index (χ1n) is 7.71. The van der Waals surface area contributed by atoms with Crippen LogP contribution in [0.25, 0.3) is 0 Å². The van der Waals surface area contributed by atoms with E-state index in [9.17, 15) is 22.8 Å². The lowest BCUT2D eigenvalue weighted by atomic mass is 9.78. The molecule has 1 aromatic rings. The maximum absolute atomic E-state index is 13.3. The van der Waals surface area contributed by atoms with Crippen molar-refractivity contribution in [2.24, 2.45) is 11.8 Å². The molecule has 0 spiro atoms. The molecule has 1 saturated carbocycles. The maximum atomic E-state index is 13.3. The van der Waals surface area contributed by atoms with E-state index in [1.807, 2.05) is 0 Å². The minimum Gasteiger partial charge on any atom is -0.478 e. The van der Waals surface area contributed by atoms with Crippen LogP contribution in [0.4, 0.5) is 13.2 Å². The number of ether oxygens (including phenoxy) is 1. The number of carboxylic acids is 1. The zero-order valence-corrected chi connectivity index (χ0v) is 13.3. The first kappa shape index (κ1) is 18.3. The zero-order chi connectivity index (χ0) is 18.1. The van der Waals surface area contributed by atoms with Crippen molar-refractivity contribution in [2.75, 3.05) is 6.61 Å². The number of aromatic nitrogens is 2. The van der Waals surface area contributed by atoms with E-state index in [1.54, 1.807) is 13.8 Å². The molecule has 0 aromatic carbocycles. The van der Waals surface area contributed by atoms with Gasteiger partial charge >= 0.3 is 18.1 Å². The van der Waals surface area contributed by atoms with Crippen LogP contribution in [0.15, 0.2) is 6.20 Å². The summed E-state index contributed by atoms with van der Waals surface area (Å²) in [6, 6.07) is -0.601. The second-order valence-electron chi connectivity index (χ2n) is 5.96. The molecule has 0 radical (unpaired) electrons. The van der Waals surface area contributed by atoms with E-state index in [2.05, 4.69) is 5.10 Å². The Morgan fingerprint density at radius 3 is 2.58 bits per heavy atom. The molecule has 1 N–H and O–H groups in total. The van der Waals surface area contributed by atoms with Gasteiger partial charge in [-0.05, 0) is 32.1 Å². The fraction of sp³-hybridized carbons (Fsp3) is 0.667. The molecule has 3 atom stereocenters. The van der Waals surface area contributed by atoms with Gasteiger partial charge in [-0.1, -0.05) is 6.92 Å². The molecule has 0 unspecified atom stereocenters. The zero-order valence-electron chi connectivity index (χ0n) is 13.3. The maximum Gasteiger partial charge on any atom is 0.433 e. The number of carboxylic acid groups (broad SMARTS) is 1. The van der Waals surface area contributed by atoms with Crippen molar-refractivity contribution in [1.29, 1.82) is 0 Å². The van der Waals surface area contributed by atoms with Gasteiger partial charge in [0.2, 0.25) is 0 Å². The van der Waals surface area contributed by atoms with E-state index in [4.69, 9.17) is 9.84 Å². The molecular formula is C15H19F3N2O4. The van der Waals surface area contributed by atoms with Gasteiger partial charge in [-0.2, -0.15) is 18.3 Å². The number of halogens is 3. The molecule has 0 bridgehead atoms. The van der Waals surface area contributed by atoms with Crippen LogP contribution in [0.5, 0.6) is 0 Å². The number of esters is 1. The molecule has 134 valence electrons. The highest BCUT2D eigenvalue weighted by atomic mass is 19.4. The fourth-order valence-corrected chi connectivity index (χ4v) is 3.27. The number of hydrogen-bond acceptors (Lipinski definition) is 4. The summed E-state index contributed by atoms with van der Waals surface area (Å²) in [6.07, 6.45) is -3.10. The number of hydrogen-bond donors (Lipinski definition) is 1. The van der Waals surface area contributed by atoms with Crippen molar-refractivity contribution >= 4 is 11.9 Å². The first-order valence-corrected chi connectivity index (χ1v) is 7.71. The molecular weight excluding hydrogens is 329 g/mol. The van der Waals surface area contributed by atoms with Gasteiger partial charge in [-0.3, -0.25) is 9.48 Å². The number of alkyl halides is 3. The molecule has 24 heavy (non-hydrogen) atoms. The minimum atomic E-state index is -4.81. The van der Waals surface area contributed by atoms with Gasteiger partial charge in [0.05, 0.1) is 24.8 Å². The predicted molar refractivity (Wildman–Crippen MR) is 76.4 cm³/mol. The van der Waals surface area contributed by atoms with Crippen molar-refractivity contribution in [3.8, 4) is 0 Å². The summed E-state index contributed by atoms with van der Waals surface area (Å²) in [7, 11) is 0. The van der Waals surface area contributed by atoms with Crippen LogP contribution in [0.2, 0.25) is 0 Å². The molecule has 1 aliphatic carbocycles. The van der Waals surface area contributed by atoms with E-state index in [0.717, 1.165) is 10.9 Å². The third-order valence-corrected chi connectivity index (χ3v) is 4.37. The summed E-state index contributed by atoms with van der Waals surface area (Å²) >= 11 is 0. The average molecular weight is 348 g/mol.